The topological polar surface area (TPSA) is 68.0 Å². The standard InChI is InChI=1S/C14H17N3OS/c1-2-5-10-6-3-4-7-11(10)17-14(18)12-9-19-13(8-15)16-12/h3-4,6-7,9H,2,5,8,15H2,1H3,(H,17,18). The fraction of sp³-hybridized carbons (Fsp3) is 0.286. The van der Waals surface area contributed by atoms with E-state index in [1.807, 2.05) is 24.3 Å². The van der Waals surface area contributed by atoms with Gasteiger partial charge < -0.3 is 11.1 Å². The summed E-state index contributed by atoms with van der Waals surface area (Å²) in [5, 5.41) is 5.42. The molecule has 1 aromatic carbocycles. The number of benzene rings is 1. The van der Waals surface area contributed by atoms with Crippen LogP contribution in [-0.4, -0.2) is 10.9 Å². The van der Waals surface area contributed by atoms with Crippen molar-refractivity contribution in [2.45, 2.75) is 26.3 Å². The summed E-state index contributed by atoms with van der Waals surface area (Å²) in [6.45, 7) is 2.48. The Morgan fingerprint density at radius 1 is 1.42 bits per heavy atom. The summed E-state index contributed by atoms with van der Waals surface area (Å²) in [4.78, 5) is 16.3. The van der Waals surface area contributed by atoms with Crippen molar-refractivity contribution in [1.29, 1.82) is 0 Å². The fourth-order valence-electron chi connectivity index (χ4n) is 1.82. The second kappa shape index (κ2) is 6.45. The Balaban J connectivity index is 2.14. The molecule has 0 bridgehead atoms. The lowest BCUT2D eigenvalue weighted by atomic mass is 10.1. The molecule has 1 aromatic heterocycles. The van der Waals surface area contributed by atoms with E-state index in [-0.39, 0.29) is 5.91 Å². The van der Waals surface area contributed by atoms with Crippen molar-refractivity contribution < 1.29 is 4.79 Å². The van der Waals surface area contributed by atoms with Crippen LogP contribution in [-0.2, 0) is 13.0 Å². The van der Waals surface area contributed by atoms with Crippen LogP contribution in [0.15, 0.2) is 29.6 Å². The summed E-state index contributed by atoms with van der Waals surface area (Å²) < 4.78 is 0. The third kappa shape index (κ3) is 3.39. The van der Waals surface area contributed by atoms with Gasteiger partial charge in [0.05, 0.1) is 0 Å². The lowest BCUT2D eigenvalue weighted by Crippen LogP contribution is -2.14. The lowest BCUT2D eigenvalue weighted by Gasteiger charge is -2.09. The van der Waals surface area contributed by atoms with E-state index in [9.17, 15) is 4.79 Å². The zero-order chi connectivity index (χ0) is 13.7. The number of thiazole rings is 1. The van der Waals surface area contributed by atoms with Crippen LogP contribution >= 0.6 is 11.3 Å². The number of rotatable bonds is 5. The first-order valence-electron chi connectivity index (χ1n) is 6.28. The molecule has 0 saturated heterocycles. The molecule has 2 aromatic rings. The molecule has 4 nitrogen and oxygen atoms in total. The van der Waals surface area contributed by atoms with Crippen LogP contribution in [0, 0.1) is 0 Å². The van der Waals surface area contributed by atoms with Gasteiger partial charge in [-0.05, 0) is 18.1 Å². The minimum atomic E-state index is -0.181. The van der Waals surface area contributed by atoms with Crippen LogP contribution in [0.5, 0.6) is 0 Å². The Hall–Kier alpha value is -1.72. The van der Waals surface area contributed by atoms with Gasteiger partial charge in [-0.25, -0.2) is 4.98 Å². The lowest BCUT2D eigenvalue weighted by molar-refractivity contribution is 0.102. The molecule has 0 atom stereocenters. The van der Waals surface area contributed by atoms with Crippen LogP contribution in [0.2, 0.25) is 0 Å². The van der Waals surface area contributed by atoms with Gasteiger partial charge in [-0.3, -0.25) is 4.79 Å². The number of aryl methyl sites for hydroxylation is 1. The Kier molecular flexibility index (Phi) is 4.65. The van der Waals surface area contributed by atoms with E-state index in [2.05, 4.69) is 17.2 Å². The maximum absolute atomic E-state index is 12.1. The van der Waals surface area contributed by atoms with Gasteiger partial charge in [0.25, 0.3) is 5.91 Å². The molecule has 0 aliphatic carbocycles. The third-order valence-corrected chi connectivity index (χ3v) is 3.62. The zero-order valence-corrected chi connectivity index (χ0v) is 11.7. The molecule has 1 heterocycles. The van der Waals surface area contributed by atoms with Crippen molar-refractivity contribution in [3.8, 4) is 0 Å². The predicted octanol–water partition coefficient (Wildman–Crippen LogP) is 2.81. The highest BCUT2D eigenvalue weighted by Crippen LogP contribution is 2.18. The largest absolute Gasteiger partial charge is 0.325 e. The molecule has 0 aliphatic rings. The van der Waals surface area contributed by atoms with Crippen molar-refractivity contribution in [1.82, 2.24) is 4.98 Å². The van der Waals surface area contributed by atoms with Crippen molar-refractivity contribution in [3.63, 3.8) is 0 Å². The monoisotopic (exact) mass is 275 g/mol. The average Bonchev–Trinajstić information content (AvgIpc) is 2.90. The molecule has 0 unspecified atom stereocenters. The maximum atomic E-state index is 12.1. The van der Waals surface area contributed by atoms with E-state index in [1.165, 1.54) is 11.3 Å². The third-order valence-electron chi connectivity index (χ3n) is 2.74. The van der Waals surface area contributed by atoms with Crippen LogP contribution in [0.3, 0.4) is 0 Å². The van der Waals surface area contributed by atoms with Gasteiger partial charge >= 0.3 is 0 Å². The second-order valence-corrected chi connectivity index (χ2v) is 5.13. The number of carbonyl (C=O) groups is 1. The quantitative estimate of drug-likeness (QED) is 0.881. The van der Waals surface area contributed by atoms with E-state index in [1.54, 1.807) is 5.38 Å². The Bertz CT molecular complexity index is 565. The minimum Gasteiger partial charge on any atom is -0.325 e. The number of nitrogens with one attached hydrogen (secondary N) is 1. The molecular weight excluding hydrogens is 258 g/mol. The summed E-state index contributed by atoms with van der Waals surface area (Å²) in [6, 6.07) is 7.85. The highest BCUT2D eigenvalue weighted by Gasteiger charge is 2.11. The Labute approximate surface area is 116 Å². The van der Waals surface area contributed by atoms with Crippen molar-refractivity contribution in [2.24, 2.45) is 5.73 Å². The van der Waals surface area contributed by atoms with E-state index in [4.69, 9.17) is 5.73 Å². The second-order valence-electron chi connectivity index (χ2n) is 4.19. The normalized spacial score (nSPS) is 10.4. The summed E-state index contributed by atoms with van der Waals surface area (Å²) in [5.74, 6) is -0.181. The Morgan fingerprint density at radius 2 is 2.21 bits per heavy atom. The van der Waals surface area contributed by atoms with E-state index >= 15 is 0 Å². The van der Waals surface area contributed by atoms with E-state index < -0.39 is 0 Å². The van der Waals surface area contributed by atoms with Crippen molar-refractivity contribution in [2.75, 3.05) is 5.32 Å². The molecule has 100 valence electrons. The number of aromatic nitrogens is 1. The molecule has 0 spiro atoms. The molecule has 0 fully saturated rings. The number of anilines is 1. The molecule has 1 amide bonds. The van der Waals surface area contributed by atoms with Crippen molar-refractivity contribution in [3.05, 3.63) is 45.9 Å². The highest BCUT2D eigenvalue weighted by molar-refractivity contribution is 7.09. The SMILES string of the molecule is CCCc1ccccc1NC(=O)c1csc(CN)n1. The summed E-state index contributed by atoms with van der Waals surface area (Å²) in [7, 11) is 0. The smallest absolute Gasteiger partial charge is 0.275 e. The molecular formula is C14H17N3OS. The predicted molar refractivity (Wildman–Crippen MR) is 78.4 cm³/mol. The molecule has 0 aliphatic heterocycles. The number of para-hydroxylation sites is 1. The van der Waals surface area contributed by atoms with Gasteiger partial charge in [0.1, 0.15) is 10.7 Å². The summed E-state index contributed by atoms with van der Waals surface area (Å²) >= 11 is 1.41. The zero-order valence-electron chi connectivity index (χ0n) is 10.8. The van der Waals surface area contributed by atoms with Gasteiger partial charge in [-0.1, -0.05) is 31.5 Å². The number of hydrogen-bond acceptors (Lipinski definition) is 4. The molecule has 0 radical (unpaired) electrons. The first kappa shape index (κ1) is 13.7. The van der Waals surface area contributed by atoms with Gasteiger partial charge in [0.15, 0.2) is 0 Å². The van der Waals surface area contributed by atoms with Crippen LogP contribution in [0.25, 0.3) is 0 Å². The maximum Gasteiger partial charge on any atom is 0.275 e. The first-order chi connectivity index (χ1) is 9.24. The fourth-order valence-corrected chi connectivity index (χ4v) is 2.48. The molecule has 19 heavy (non-hydrogen) atoms. The minimum absolute atomic E-state index is 0.181. The van der Waals surface area contributed by atoms with Gasteiger partial charge in [0, 0.05) is 17.6 Å². The number of nitrogens with two attached hydrogens (primary N) is 1. The Morgan fingerprint density at radius 3 is 2.89 bits per heavy atom. The van der Waals surface area contributed by atoms with Gasteiger partial charge in [-0.2, -0.15) is 0 Å². The summed E-state index contributed by atoms with van der Waals surface area (Å²) in [6.07, 6.45) is 1.99. The molecule has 2 rings (SSSR count). The molecule has 5 heteroatoms. The number of amides is 1. The highest BCUT2D eigenvalue weighted by atomic mass is 32.1. The number of nitrogens with zero attached hydrogens (tertiary/aromatic N) is 1. The summed E-state index contributed by atoms with van der Waals surface area (Å²) in [5.41, 5.74) is 7.93. The molecule has 0 saturated carbocycles. The number of hydrogen-bond donors (Lipinski definition) is 2. The van der Waals surface area contributed by atoms with Gasteiger partial charge in [-0.15, -0.1) is 11.3 Å². The van der Waals surface area contributed by atoms with Crippen LogP contribution in [0.4, 0.5) is 5.69 Å². The van der Waals surface area contributed by atoms with E-state index in [0.717, 1.165) is 29.1 Å². The van der Waals surface area contributed by atoms with Gasteiger partial charge in [0.2, 0.25) is 0 Å². The first-order valence-corrected chi connectivity index (χ1v) is 7.16. The number of carbonyl (C=O) groups excluding carboxylic acids is 1. The van der Waals surface area contributed by atoms with Crippen LogP contribution < -0.4 is 11.1 Å². The average molecular weight is 275 g/mol. The van der Waals surface area contributed by atoms with Crippen LogP contribution in [0.1, 0.15) is 34.4 Å². The van der Waals surface area contributed by atoms with Crippen molar-refractivity contribution >= 4 is 22.9 Å². The van der Waals surface area contributed by atoms with E-state index in [0.29, 0.717) is 12.2 Å². The molecule has 3 N–H and O–H groups in total.